The maximum Gasteiger partial charge on any atom is 0.207 e. The number of fused-ring (bicyclic) bond motifs is 1. The monoisotopic (exact) mass is 719 g/mol. The molecule has 9 nitrogen and oxygen atoms in total. The number of aliphatic imine (C=N–C) groups is 2. The van der Waals surface area contributed by atoms with Crippen LogP contribution in [0.4, 0.5) is 10.1 Å². The van der Waals surface area contributed by atoms with Crippen molar-refractivity contribution in [3.63, 3.8) is 0 Å². The van der Waals surface area contributed by atoms with Crippen molar-refractivity contribution in [2.75, 3.05) is 45.1 Å². The van der Waals surface area contributed by atoms with E-state index in [0.29, 0.717) is 17.5 Å². The number of carbonyl (C=O) groups is 1. The predicted octanol–water partition coefficient (Wildman–Crippen LogP) is 9.15. The van der Waals surface area contributed by atoms with Crippen LogP contribution in [0.15, 0.2) is 82.2 Å². The van der Waals surface area contributed by atoms with Crippen LogP contribution in [0.25, 0.3) is 10.2 Å². The van der Waals surface area contributed by atoms with Gasteiger partial charge in [0.15, 0.2) is 11.6 Å². The van der Waals surface area contributed by atoms with Crippen LogP contribution in [0, 0.1) is 5.82 Å². The van der Waals surface area contributed by atoms with Gasteiger partial charge in [-0.3, -0.25) is 24.7 Å². The lowest BCUT2D eigenvalue weighted by Crippen LogP contribution is -2.34. The smallest absolute Gasteiger partial charge is 0.207 e. The Morgan fingerprint density at radius 2 is 1.92 bits per heavy atom. The molecule has 3 aromatic rings. The Labute approximate surface area is 308 Å². The lowest BCUT2D eigenvalue weighted by atomic mass is 9.94. The number of amides is 1. The molecule has 1 fully saturated rings. The fourth-order valence-corrected chi connectivity index (χ4v) is 5.87. The summed E-state index contributed by atoms with van der Waals surface area (Å²) in [5, 5.41) is 9.18. The number of thiophene rings is 1. The summed E-state index contributed by atoms with van der Waals surface area (Å²) in [4.78, 5) is 26.5. The van der Waals surface area contributed by atoms with E-state index in [4.69, 9.17) is 9.73 Å². The average molecular weight is 720 g/mol. The van der Waals surface area contributed by atoms with Gasteiger partial charge in [0.1, 0.15) is 5.75 Å². The van der Waals surface area contributed by atoms with Crippen molar-refractivity contribution >= 4 is 45.6 Å². The molecule has 2 heterocycles. The largest absolute Gasteiger partial charge is 0.453 e. The number of halogens is 1. The van der Waals surface area contributed by atoms with Gasteiger partial charge in [-0.1, -0.05) is 26.8 Å². The molecule has 1 saturated carbocycles. The molecule has 1 aromatic carbocycles. The number of nitrogens with zero attached hydrogens (tertiary/aromatic N) is 4. The Bertz CT molecular complexity index is 1630. The van der Waals surface area contributed by atoms with Crippen molar-refractivity contribution in [3.8, 4) is 11.5 Å². The maximum absolute atomic E-state index is 14.5. The highest BCUT2D eigenvalue weighted by Crippen LogP contribution is 2.36. The standard InChI is InChI=1S/C33H43FN6OS.C5H9NO.C2H6/c1-7-17-40(23-26(8-2)12-14-36-9-3)18-16-37-21-24(4)22-39-25(5)32-20-29-33(42-32)31(13-15-38-29)41-30-11-10-27(35-6)19-28(30)34;7-4-6-5-2-1-3-5;1-2/h8-15,19-20,22,35,37H,7,16-18,21,23H2,1-6H3;4-5H,1-3H2,(H,6,7);1-2H3/b14-12-,24-22+,26-8+,36-9?,39-25?;;. The third-order valence-corrected chi connectivity index (χ3v) is 9.16. The van der Waals surface area contributed by atoms with Gasteiger partial charge in [-0.05, 0) is 95.3 Å². The van der Waals surface area contributed by atoms with Gasteiger partial charge in [-0.25, -0.2) is 4.39 Å². The quantitative estimate of drug-likeness (QED) is 0.0525. The van der Waals surface area contributed by atoms with Gasteiger partial charge in [0, 0.05) is 81.9 Å². The molecule has 1 aliphatic rings. The molecule has 0 aliphatic heterocycles. The van der Waals surface area contributed by atoms with E-state index >= 15 is 0 Å². The third kappa shape index (κ3) is 15.3. The van der Waals surface area contributed by atoms with E-state index in [0.717, 1.165) is 71.9 Å². The Kier molecular flexibility index (Phi) is 21.0. The molecule has 1 amide bonds. The number of allylic oxidation sites excluding steroid dienone is 1. The van der Waals surface area contributed by atoms with Crippen molar-refractivity contribution in [3.05, 3.63) is 82.9 Å². The van der Waals surface area contributed by atoms with Gasteiger partial charge in [0.2, 0.25) is 6.41 Å². The molecule has 0 unspecified atom stereocenters. The Morgan fingerprint density at radius 3 is 2.53 bits per heavy atom. The van der Waals surface area contributed by atoms with E-state index in [1.807, 2.05) is 46.2 Å². The summed E-state index contributed by atoms with van der Waals surface area (Å²) in [6.07, 6.45) is 17.0. The van der Waals surface area contributed by atoms with Crippen molar-refractivity contribution in [2.45, 2.75) is 80.2 Å². The second kappa shape index (κ2) is 24.9. The number of ether oxygens (including phenoxy) is 1. The number of hydrogen-bond donors (Lipinski definition) is 3. The molecule has 1 aliphatic carbocycles. The van der Waals surface area contributed by atoms with Gasteiger partial charge < -0.3 is 20.7 Å². The van der Waals surface area contributed by atoms with Crippen molar-refractivity contribution in [1.29, 1.82) is 0 Å². The zero-order valence-corrected chi connectivity index (χ0v) is 32.6. The second-order valence-corrected chi connectivity index (χ2v) is 12.8. The minimum Gasteiger partial charge on any atom is -0.453 e. The summed E-state index contributed by atoms with van der Waals surface area (Å²) in [6, 6.07) is 9.09. The maximum atomic E-state index is 14.5. The number of nitrogens with one attached hydrogen (secondary N) is 3. The van der Waals surface area contributed by atoms with Gasteiger partial charge in [-0.2, -0.15) is 0 Å². The van der Waals surface area contributed by atoms with Crippen LogP contribution in [0.5, 0.6) is 11.5 Å². The van der Waals surface area contributed by atoms with Crippen LogP contribution in [0.2, 0.25) is 0 Å². The molecule has 0 spiro atoms. The lowest BCUT2D eigenvalue weighted by Gasteiger charge is -2.23. The number of pyridine rings is 1. The molecule has 0 saturated heterocycles. The average Bonchev–Trinajstić information content (AvgIpc) is 3.58. The second-order valence-electron chi connectivity index (χ2n) is 11.8. The third-order valence-electron chi connectivity index (χ3n) is 7.91. The Balaban J connectivity index is 0.000000879. The SMILES string of the molecule is CC.CC=N/C=C\C(=C/C)CN(CCC)CCNC/C(C)=C/N=C(C)c1cc2nccc(Oc3ccc(NC)cc3F)c2s1.O=CNC1CCC1. The molecule has 0 atom stereocenters. The van der Waals surface area contributed by atoms with Crippen LogP contribution in [-0.4, -0.2) is 74.0 Å². The summed E-state index contributed by atoms with van der Waals surface area (Å²) in [6.45, 7) is 18.9. The van der Waals surface area contributed by atoms with Gasteiger partial charge in [0.25, 0.3) is 0 Å². The van der Waals surface area contributed by atoms with Crippen LogP contribution in [0.1, 0.15) is 79.0 Å². The highest BCUT2D eigenvalue weighted by Gasteiger charge is 2.15. The first-order valence-corrected chi connectivity index (χ1v) is 18.8. The molecule has 278 valence electrons. The fourth-order valence-electron chi connectivity index (χ4n) is 4.85. The van der Waals surface area contributed by atoms with Crippen molar-refractivity contribution < 1.29 is 13.9 Å². The molecule has 51 heavy (non-hydrogen) atoms. The number of anilines is 1. The highest BCUT2D eigenvalue weighted by atomic mass is 32.1. The van der Waals surface area contributed by atoms with Crippen LogP contribution in [0.3, 0.4) is 0 Å². The molecule has 3 N–H and O–H groups in total. The van der Waals surface area contributed by atoms with Gasteiger partial charge >= 0.3 is 0 Å². The molecule has 2 aromatic heterocycles. The zero-order valence-electron chi connectivity index (χ0n) is 31.8. The number of hydrogen-bond acceptors (Lipinski definition) is 9. The van der Waals surface area contributed by atoms with E-state index in [1.165, 1.54) is 42.2 Å². The van der Waals surface area contributed by atoms with E-state index in [2.05, 4.69) is 63.7 Å². The Morgan fingerprint density at radius 1 is 1.14 bits per heavy atom. The summed E-state index contributed by atoms with van der Waals surface area (Å²) in [5.74, 6) is 0.317. The molecule has 4 rings (SSSR count). The van der Waals surface area contributed by atoms with E-state index in [9.17, 15) is 9.18 Å². The zero-order chi connectivity index (χ0) is 37.4. The fraction of sp³-hybridized carbons (Fsp3) is 0.450. The lowest BCUT2D eigenvalue weighted by molar-refractivity contribution is -0.110. The van der Waals surface area contributed by atoms with E-state index in [1.54, 1.807) is 37.7 Å². The number of carbonyl (C=O) groups excluding carboxylic acids is 1. The molecular weight excluding hydrogens is 662 g/mol. The molecule has 0 radical (unpaired) electrons. The first-order valence-electron chi connectivity index (χ1n) is 18.0. The van der Waals surface area contributed by atoms with Crippen LogP contribution >= 0.6 is 11.3 Å². The first-order chi connectivity index (χ1) is 24.8. The topological polar surface area (TPSA) is 103 Å². The summed E-state index contributed by atoms with van der Waals surface area (Å²) < 4.78 is 21.3. The summed E-state index contributed by atoms with van der Waals surface area (Å²) in [7, 11) is 1.75. The highest BCUT2D eigenvalue weighted by molar-refractivity contribution is 7.21. The summed E-state index contributed by atoms with van der Waals surface area (Å²) in [5.41, 5.74) is 4.78. The number of benzene rings is 1. The molecule has 11 heteroatoms. The minimum atomic E-state index is -0.425. The minimum absolute atomic E-state index is 0.173. The summed E-state index contributed by atoms with van der Waals surface area (Å²) >= 11 is 1.54. The van der Waals surface area contributed by atoms with Crippen molar-refractivity contribution in [2.24, 2.45) is 9.98 Å². The first kappa shape index (κ1) is 43.0. The van der Waals surface area contributed by atoms with Crippen LogP contribution < -0.4 is 20.7 Å². The number of rotatable bonds is 18. The predicted molar refractivity (Wildman–Crippen MR) is 216 cm³/mol. The molecule has 0 bridgehead atoms. The number of aromatic nitrogens is 1. The van der Waals surface area contributed by atoms with E-state index < -0.39 is 5.82 Å². The normalized spacial score (nSPS) is 13.9. The van der Waals surface area contributed by atoms with Crippen LogP contribution in [-0.2, 0) is 4.79 Å². The van der Waals surface area contributed by atoms with Crippen molar-refractivity contribution in [1.82, 2.24) is 20.5 Å². The van der Waals surface area contributed by atoms with Gasteiger partial charge in [-0.15, -0.1) is 11.3 Å². The van der Waals surface area contributed by atoms with Gasteiger partial charge in [0.05, 0.1) is 20.8 Å². The molecular formula is C40H58FN7O2S. The Hall–Kier alpha value is -4.19. The van der Waals surface area contributed by atoms with E-state index in [-0.39, 0.29) is 5.75 Å².